The first-order valence-corrected chi connectivity index (χ1v) is 20.0. The number of phenolic OH excluding ortho intramolecular Hbond substituents is 1. The van der Waals surface area contributed by atoms with Gasteiger partial charge in [-0.05, 0) is 64.7 Å². The summed E-state index contributed by atoms with van der Waals surface area (Å²) in [6.07, 6.45) is 4.54. The second-order valence-corrected chi connectivity index (χ2v) is 16.4. The molecule has 3 aromatic heterocycles. The molecule has 0 bridgehead atoms. The van der Waals surface area contributed by atoms with Crippen LogP contribution in [0.4, 0.5) is 5.82 Å². The summed E-state index contributed by atoms with van der Waals surface area (Å²) >= 11 is 0. The van der Waals surface area contributed by atoms with Crippen LogP contribution in [-0.2, 0) is 36.6 Å². The molecular weight excluding hydrogens is 701 g/mol. The lowest BCUT2D eigenvalue weighted by Gasteiger charge is -2.37. The third kappa shape index (κ3) is 7.45. The summed E-state index contributed by atoms with van der Waals surface area (Å²) in [7, 11) is -8.07. The minimum absolute atomic E-state index is 0.0497. The number of amides is 1. The van der Waals surface area contributed by atoms with E-state index in [4.69, 9.17) is 0 Å². The Labute approximate surface area is 301 Å². The number of piperazine rings is 1. The molecule has 7 rings (SSSR count). The van der Waals surface area contributed by atoms with Crippen LogP contribution in [0.25, 0.3) is 21.5 Å². The van der Waals surface area contributed by atoms with Gasteiger partial charge in [0.2, 0.25) is 15.7 Å². The number of benzene rings is 3. The Bertz CT molecular complexity index is 2460. The molecule has 266 valence electrons. The molecule has 1 amide bonds. The number of phenols is 1. The molecule has 4 heterocycles. The number of pyridine rings is 3. The number of aromatic nitrogens is 3. The molecule has 1 aliphatic heterocycles. The van der Waals surface area contributed by atoms with E-state index in [1.807, 2.05) is 30.3 Å². The molecule has 52 heavy (non-hydrogen) atoms. The minimum atomic E-state index is -4.04. The van der Waals surface area contributed by atoms with Crippen molar-refractivity contribution in [2.75, 3.05) is 37.0 Å². The van der Waals surface area contributed by atoms with Crippen LogP contribution >= 0.6 is 0 Å². The molecule has 12 nitrogen and oxygen atoms in total. The van der Waals surface area contributed by atoms with E-state index < -0.39 is 37.3 Å². The molecule has 1 atom stereocenters. The number of anilines is 1. The van der Waals surface area contributed by atoms with Crippen molar-refractivity contribution in [1.82, 2.24) is 25.2 Å². The Hall–Kier alpha value is -5.44. The van der Waals surface area contributed by atoms with Crippen molar-refractivity contribution in [3.63, 3.8) is 0 Å². The van der Waals surface area contributed by atoms with Crippen molar-refractivity contribution in [3.8, 4) is 5.75 Å². The van der Waals surface area contributed by atoms with E-state index in [0.29, 0.717) is 53.3 Å². The summed E-state index contributed by atoms with van der Waals surface area (Å²) in [6, 6.07) is 26.5. The van der Waals surface area contributed by atoms with E-state index in [1.165, 1.54) is 24.5 Å². The van der Waals surface area contributed by atoms with Crippen molar-refractivity contribution in [1.29, 1.82) is 0 Å². The molecule has 14 heteroatoms. The maximum Gasteiger partial charge on any atom is 0.240 e. The first kappa shape index (κ1) is 35.0. The maximum absolute atomic E-state index is 14.3. The summed E-state index contributed by atoms with van der Waals surface area (Å²) in [4.78, 5) is 30.9. The first-order chi connectivity index (χ1) is 25.1. The fourth-order valence-electron chi connectivity index (χ4n) is 6.56. The number of aromatic hydroxyl groups is 1. The van der Waals surface area contributed by atoms with E-state index in [9.17, 15) is 26.7 Å². The second kappa shape index (κ2) is 14.7. The van der Waals surface area contributed by atoms with Gasteiger partial charge in [0.15, 0.2) is 19.9 Å². The minimum Gasteiger partial charge on any atom is -0.508 e. The van der Waals surface area contributed by atoms with E-state index >= 15 is 0 Å². The number of nitrogens with one attached hydrogen (secondary N) is 1. The fourth-order valence-corrected chi connectivity index (χ4v) is 9.42. The van der Waals surface area contributed by atoms with Crippen LogP contribution in [0.2, 0.25) is 0 Å². The quantitative estimate of drug-likeness (QED) is 0.197. The van der Waals surface area contributed by atoms with Gasteiger partial charge >= 0.3 is 0 Å². The molecule has 1 fully saturated rings. The highest BCUT2D eigenvalue weighted by Crippen LogP contribution is 2.28. The number of hydrogen-bond donors (Lipinski definition) is 2. The number of hydrogen-bond acceptors (Lipinski definition) is 11. The van der Waals surface area contributed by atoms with E-state index in [-0.39, 0.29) is 33.7 Å². The predicted molar refractivity (Wildman–Crippen MR) is 198 cm³/mol. The average molecular weight is 737 g/mol. The zero-order chi connectivity index (χ0) is 36.3. The zero-order valence-corrected chi connectivity index (χ0v) is 29.7. The Morgan fingerprint density at radius 3 is 1.94 bits per heavy atom. The van der Waals surface area contributed by atoms with Gasteiger partial charge in [-0.25, -0.2) is 31.8 Å². The van der Waals surface area contributed by atoms with Crippen LogP contribution in [0.3, 0.4) is 0 Å². The second-order valence-electron chi connectivity index (χ2n) is 12.6. The van der Waals surface area contributed by atoms with Crippen molar-refractivity contribution < 1.29 is 26.7 Å². The fraction of sp³-hybridized carbons (Fsp3) is 0.211. The van der Waals surface area contributed by atoms with E-state index in [0.717, 1.165) is 5.82 Å². The van der Waals surface area contributed by atoms with Gasteiger partial charge in [-0.2, -0.15) is 0 Å². The summed E-state index contributed by atoms with van der Waals surface area (Å²) in [5, 5.41) is 15.6. The molecule has 1 aliphatic rings. The average Bonchev–Trinajstić information content (AvgIpc) is 3.16. The lowest BCUT2D eigenvalue weighted by Crippen LogP contribution is -2.55. The number of rotatable bonds is 11. The van der Waals surface area contributed by atoms with Crippen molar-refractivity contribution >= 4 is 52.9 Å². The standard InChI is InChI=1S/C38H36N6O6S2/c45-31-13-12-29(30(23-31)25-51(47,48)36-32-9-3-1-7-27(32)14-17-40-36)24-34(38(46)44-21-19-43(20-22-44)35-11-5-6-16-39-35)42-26-52(49,50)37-33-10-4-2-8-28(33)15-18-41-37/h1-18,23,34,42,45H,19-22,24-26H2. The molecular formula is C38H36N6O6S2. The monoisotopic (exact) mass is 736 g/mol. The lowest BCUT2D eigenvalue weighted by atomic mass is 9.99. The van der Waals surface area contributed by atoms with Gasteiger partial charge in [0.1, 0.15) is 17.4 Å². The van der Waals surface area contributed by atoms with Crippen LogP contribution in [0, 0.1) is 0 Å². The van der Waals surface area contributed by atoms with Gasteiger partial charge in [-0.1, -0.05) is 60.7 Å². The third-order valence-corrected chi connectivity index (χ3v) is 12.3. The maximum atomic E-state index is 14.3. The molecule has 1 unspecified atom stereocenters. The number of sulfone groups is 2. The van der Waals surface area contributed by atoms with Crippen LogP contribution in [-0.4, -0.2) is 85.8 Å². The number of fused-ring (bicyclic) bond motifs is 2. The van der Waals surface area contributed by atoms with Gasteiger partial charge in [0.05, 0.1) is 11.8 Å². The molecule has 0 aliphatic carbocycles. The molecule has 0 saturated carbocycles. The van der Waals surface area contributed by atoms with Gasteiger partial charge in [-0.15, -0.1) is 0 Å². The number of carbonyl (C=O) groups is 1. The van der Waals surface area contributed by atoms with E-state index in [2.05, 4.69) is 25.2 Å². The topological polar surface area (TPSA) is 163 Å². The van der Waals surface area contributed by atoms with Crippen molar-refractivity contribution in [2.24, 2.45) is 0 Å². The summed E-state index contributed by atoms with van der Waals surface area (Å²) in [5.41, 5.74) is 0.730. The van der Waals surface area contributed by atoms with Crippen LogP contribution in [0.1, 0.15) is 11.1 Å². The number of nitrogens with zero attached hydrogens (tertiary/aromatic N) is 5. The SMILES string of the molecule is O=C(C(Cc1ccc(O)cc1CS(=O)(=O)c1nccc2ccccc12)NCS(=O)(=O)c1nccc2ccccc12)N1CCN(c2ccccn2)CC1. The highest BCUT2D eigenvalue weighted by atomic mass is 32.2. The normalized spacial score (nSPS) is 14.5. The first-order valence-electron chi connectivity index (χ1n) is 16.7. The molecule has 2 N–H and O–H groups in total. The largest absolute Gasteiger partial charge is 0.508 e. The zero-order valence-electron chi connectivity index (χ0n) is 28.0. The summed E-state index contributed by atoms with van der Waals surface area (Å²) in [6.45, 7) is 1.78. The Morgan fingerprint density at radius 1 is 0.692 bits per heavy atom. The van der Waals surface area contributed by atoms with Gasteiger partial charge in [0.25, 0.3) is 0 Å². The van der Waals surface area contributed by atoms with Gasteiger partial charge in [0, 0.05) is 55.5 Å². The van der Waals surface area contributed by atoms with Crippen molar-refractivity contribution in [2.45, 2.75) is 28.3 Å². The molecule has 1 saturated heterocycles. The molecule has 6 aromatic rings. The van der Waals surface area contributed by atoms with Gasteiger partial charge in [-0.3, -0.25) is 10.1 Å². The van der Waals surface area contributed by atoms with Crippen LogP contribution in [0.15, 0.2) is 126 Å². The Morgan fingerprint density at radius 2 is 1.31 bits per heavy atom. The van der Waals surface area contributed by atoms with Crippen LogP contribution in [0.5, 0.6) is 5.75 Å². The van der Waals surface area contributed by atoms with Crippen molar-refractivity contribution in [3.05, 3.63) is 127 Å². The van der Waals surface area contributed by atoms with Gasteiger partial charge < -0.3 is 14.9 Å². The summed E-state index contributed by atoms with van der Waals surface area (Å²) < 4.78 is 55.3. The highest BCUT2D eigenvalue weighted by Gasteiger charge is 2.31. The highest BCUT2D eigenvalue weighted by molar-refractivity contribution is 7.91. The molecule has 3 aromatic carbocycles. The lowest BCUT2D eigenvalue weighted by molar-refractivity contribution is -0.133. The van der Waals surface area contributed by atoms with Crippen LogP contribution < -0.4 is 10.2 Å². The smallest absolute Gasteiger partial charge is 0.240 e. The number of carbonyl (C=O) groups excluding carboxylic acids is 1. The Balaban J connectivity index is 1.18. The van der Waals surface area contributed by atoms with E-state index in [1.54, 1.807) is 65.7 Å². The predicted octanol–water partition coefficient (Wildman–Crippen LogP) is 4.14. The summed E-state index contributed by atoms with van der Waals surface area (Å²) in [5.74, 6) is -0.775. The Kier molecular flexibility index (Phi) is 9.86. The molecule has 0 spiro atoms. The third-order valence-electron chi connectivity index (χ3n) is 9.21. The molecule has 0 radical (unpaired) electrons.